The van der Waals surface area contributed by atoms with E-state index in [2.05, 4.69) is 11.2 Å². The van der Waals surface area contributed by atoms with Crippen molar-refractivity contribution in [3.63, 3.8) is 0 Å². The molecule has 11 heavy (non-hydrogen) atoms. The van der Waals surface area contributed by atoms with Crippen LogP contribution in [0.15, 0.2) is 23.0 Å². The molecule has 0 bridgehead atoms. The minimum absolute atomic E-state index is 0.211. The molecule has 3 nitrogen and oxygen atoms in total. The fraction of sp³-hybridized carbons (Fsp3) is 0.125. The fourth-order valence-electron chi connectivity index (χ4n) is 0.627. The lowest BCUT2D eigenvalue weighted by atomic mass is 10.3. The average Bonchev–Trinajstić information content (AvgIpc) is 2.52. The lowest BCUT2D eigenvalue weighted by Gasteiger charge is -1.95. The Kier molecular flexibility index (Phi) is 2.34. The number of nitrogens with one attached hydrogen (secondary N) is 1. The summed E-state index contributed by atoms with van der Waals surface area (Å²) in [6.45, 7) is 0.240. The zero-order chi connectivity index (χ0) is 8.10. The van der Waals surface area contributed by atoms with Crippen molar-refractivity contribution in [2.75, 3.05) is 6.54 Å². The lowest BCUT2D eigenvalue weighted by Crippen LogP contribution is -2.22. The highest BCUT2D eigenvalue weighted by atomic mass is 16.3. The van der Waals surface area contributed by atoms with E-state index < -0.39 is 0 Å². The van der Waals surface area contributed by atoms with Crippen molar-refractivity contribution in [2.24, 2.45) is 0 Å². The van der Waals surface area contributed by atoms with Crippen molar-refractivity contribution in [1.29, 1.82) is 0 Å². The molecule has 0 radical (unpaired) electrons. The Balaban J connectivity index is 2.51. The molecule has 1 aromatic rings. The van der Waals surface area contributed by atoms with Gasteiger partial charge in [-0.2, -0.15) is 0 Å². The second-order valence-corrected chi connectivity index (χ2v) is 1.90. The van der Waals surface area contributed by atoms with E-state index in [1.54, 1.807) is 6.07 Å². The maximum Gasteiger partial charge on any atom is 0.255 e. The van der Waals surface area contributed by atoms with Crippen LogP contribution >= 0.6 is 0 Å². The third kappa shape index (κ3) is 1.87. The number of furan rings is 1. The van der Waals surface area contributed by atoms with Crippen LogP contribution in [-0.4, -0.2) is 12.5 Å². The summed E-state index contributed by atoms with van der Waals surface area (Å²) in [5.41, 5.74) is 0.486. The van der Waals surface area contributed by atoms with Gasteiger partial charge in [-0.15, -0.1) is 6.42 Å². The van der Waals surface area contributed by atoms with E-state index >= 15 is 0 Å². The molecule has 1 N–H and O–H groups in total. The number of carbonyl (C=O) groups excluding carboxylic acids is 1. The van der Waals surface area contributed by atoms with Crippen LogP contribution in [0.3, 0.4) is 0 Å². The smallest absolute Gasteiger partial charge is 0.255 e. The Bertz CT molecular complexity index is 269. The summed E-state index contributed by atoms with van der Waals surface area (Å²) in [6, 6.07) is 1.58. The highest BCUT2D eigenvalue weighted by Gasteiger charge is 2.03. The molecule has 1 heterocycles. The lowest BCUT2D eigenvalue weighted by molar-refractivity contribution is 0.0958. The minimum Gasteiger partial charge on any atom is -0.472 e. The molecule has 56 valence electrons. The number of carbonyl (C=O) groups is 1. The number of amides is 1. The van der Waals surface area contributed by atoms with Gasteiger partial charge in [0.2, 0.25) is 0 Å². The molecule has 0 aromatic carbocycles. The van der Waals surface area contributed by atoms with Gasteiger partial charge in [0.1, 0.15) is 6.26 Å². The standard InChI is InChI=1S/C8H7NO2/c1-2-4-9-8(10)7-3-5-11-6-7/h1,3,5-6H,4H2,(H,9,10). The van der Waals surface area contributed by atoms with Gasteiger partial charge in [0.25, 0.3) is 5.91 Å². The second kappa shape index (κ2) is 3.47. The molecule has 0 saturated carbocycles. The highest BCUT2D eigenvalue weighted by Crippen LogP contribution is 1.98. The summed E-state index contributed by atoms with van der Waals surface area (Å²) < 4.78 is 4.70. The van der Waals surface area contributed by atoms with E-state index in [-0.39, 0.29) is 12.5 Å². The second-order valence-electron chi connectivity index (χ2n) is 1.90. The number of hydrogen-bond donors (Lipinski definition) is 1. The fourth-order valence-corrected chi connectivity index (χ4v) is 0.627. The quantitative estimate of drug-likeness (QED) is 0.627. The van der Waals surface area contributed by atoms with E-state index in [0.717, 1.165) is 0 Å². The summed E-state index contributed by atoms with van der Waals surface area (Å²) in [5, 5.41) is 2.50. The molecule has 1 amide bonds. The zero-order valence-electron chi connectivity index (χ0n) is 5.83. The van der Waals surface area contributed by atoms with Crippen LogP contribution in [0.2, 0.25) is 0 Å². The van der Waals surface area contributed by atoms with Crippen LogP contribution in [-0.2, 0) is 0 Å². The van der Waals surface area contributed by atoms with E-state index in [9.17, 15) is 4.79 Å². The van der Waals surface area contributed by atoms with Crippen LogP contribution in [0.1, 0.15) is 10.4 Å². The average molecular weight is 149 g/mol. The van der Waals surface area contributed by atoms with Crippen LogP contribution in [0, 0.1) is 12.3 Å². The first-order valence-electron chi connectivity index (χ1n) is 3.08. The van der Waals surface area contributed by atoms with E-state index in [4.69, 9.17) is 10.8 Å². The maximum atomic E-state index is 11.0. The van der Waals surface area contributed by atoms with Gasteiger partial charge in [0.05, 0.1) is 18.4 Å². The maximum absolute atomic E-state index is 11.0. The zero-order valence-corrected chi connectivity index (χ0v) is 5.83. The topological polar surface area (TPSA) is 42.2 Å². The third-order valence-electron chi connectivity index (χ3n) is 1.13. The normalized spacial score (nSPS) is 8.64. The van der Waals surface area contributed by atoms with Crippen LogP contribution in [0.5, 0.6) is 0 Å². The largest absolute Gasteiger partial charge is 0.472 e. The van der Waals surface area contributed by atoms with Gasteiger partial charge >= 0.3 is 0 Å². The molecule has 0 aliphatic heterocycles. The van der Waals surface area contributed by atoms with Crippen molar-refractivity contribution < 1.29 is 9.21 Å². The molecule has 0 unspecified atom stereocenters. The molecule has 0 aliphatic rings. The molecule has 1 rings (SSSR count). The SMILES string of the molecule is C#CCNC(=O)c1ccoc1. The van der Waals surface area contributed by atoms with Gasteiger partial charge in [-0.05, 0) is 6.07 Å². The first-order valence-corrected chi connectivity index (χ1v) is 3.08. The van der Waals surface area contributed by atoms with Crippen molar-refractivity contribution in [2.45, 2.75) is 0 Å². The summed E-state index contributed by atoms with van der Waals surface area (Å²) in [5.74, 6) is 2.09. The van der Waals surface area contributed by atoms with Crippen molar-refractivity contribution >= 4 is 5.91 Å². The molecule has 3 heteroatoms. The molecule has 0 saturated heterocycles. The Morgan fingerprint density at radius 2 is 2.64 bits per heavy atom. The van der Waals surface area contributed by atoms with Gasteiger partial charge in [0.15, 0.2) is 0 Å². The van der Waals surface area contributed by atoms with E-state index in [1.165, 1.54) is 12.5 Å². The molecule has 0 spiro atoms. The summed E-state index contributed by atoms with van der Waals surface area (Å²) >= 11 is 0. The van der Waals surface area contributed by atoms with Gasteiger partial charge in [-0.3, -0.25) is 4.79 Å². The van der Waals surface area contributed by atoms with E-state index in [0.29, 0.717) is 5.56 Å². The Hall–Kier alpha value is -1.69. The number of terminal acetylenes is 1. The first-order chi connectivity index (χ1) is 5.34. The molecule has 0 aliphatic carbocycles. The molecule has 0 fully saturated rings. The monoisotopic (exact) mass is 149 g/mol. The van der Waals surface area contributed by atoms with E-state index in [1.807, 2.05) is 0 Å². The van der Waals surface area contributed by atoms with Crippen LogP contribution in [0.25, 0.3) is 0 Å². The van der Waals surface area contributed by atoms with Crippen molar-refractivity contribution in [3.8, 4) is 12.3 Å². The predicted octanol–water partition coefficient (Wildman–Crippen LogP) is 0.643. The van der Waals surface area contributed by atoms with Crippen LogP contribution < -0.4 is 5.32 Å². The minimum atomic E-state index is -0.211. The molecular weight excluding hydrogens is 142 g/mol. The summed E-state index contributed by atoms with van der Waals surface area (Å²) in [4.78, 5) is 11.0. The number of rotatable bonds is 2. The highest BCUT2D eigenvalue weighted by molar-refractivity contribution is 5.93. The summed E-state index contributed by atoms with van der Waals surface area (Å²) in [7, 11) is 0. The van der Waals surface area contributed by atoms with Gasteiger partial charge in [-0.1, -0.05) is 5.92 Å². The number of hydrogen-bond acceptors (Lipinski definition) is 2. The van der Waals surface area contributed by atoms with Gasteiger partial charge in [-0.25, -0.2) is 0 Å². The Morgan fingerprint density at radius 3 is 3.18 bits per heavy atom. The molecule has 1 aromatic heterocycles. The van der Waals surface area contributed by atoms with Crippen LogP contribution in [0.4, 0.5) is 0 Å². The molecule has 0 atom stereocenters. The predicted molar refractivity (Wildman–Crippen MR) is 39.9 cm³/mol. The summed E-state index contributed by atoms with van der Waals surface area (Å²) in [6.07, 6.45) is 7.74. The Labute approximate surface area is 64.4 Å². The van der Waals surface area contributed by atoms with Gasteiger partial charge < -0.3 is 9.73 Å². The molecular formula is C8H7NO2. The first kappa shape index (κ1) is 7.42. The Morgan fingerprint density at radius 1 is 1.82 bits per heavy atom. The van der Waals surface area contributed by atoms with Crippen molar-refractivity contribution in [3.05, 3.63) is 24.2 Å². The van der Waals surface area contributed by atoms with Crippen molar-refractivity contribution in [1.82, 2.24) is 5.32 Å². The van der Waals surface area contributed by atoms with Gasteiger partial charge in [0, 0.05) is 0 Å². The third-order valence-corrected chi connectivity index (χ3v) is 1.13.